The van der Waals surface area contributed by atoms with Crippen molar-refractivity contribution in [2.75, 3.05) is 36.3 Å². The fourth-order valence-electron chi connectivity index (χ4n) is 4.09. The first-order chi connectivity index (χ1) is 13.5. The third-order valence-electron chi connectivity index (χ3n) is 5.72. The lowest BCUT2D eigenvalue weighted by atomic mass is 9.93. The Hall–Kier alpha value is -2.80. The first kappa shape index (κ1) is 18.6. The number of benzene rings is 1. The van der Waals surface area contributed by atoms with Crippen LogP contribution in [0.2, 0.25) is 0 Å². The summed E-state index contributed by atoms with van der Waals surface area (Å²) in [6, 6.07) is 7.79. The van der Waals surface area contributed by atoms with Gasteiger partial charge in [-0.1, -0.05) is 6.07 Å². The topological polar surface area (TPSA) is 77.9 Å². The van der Waals surface area contributed by atoms with Crippen molar-refractivity contribution in [2.24, 2.45) is 0 Å². The number of rotatable bonds is 3. The molecule has 4 rings (SSSR count). The van der Waals surface area contributed by atoms with Crippen molar-refractivity contribution in [1.29, 1.82) is 0 Å². The van der Waals surface area contributed by atoms with Crippen LogP contribution < -0.4 is 19.9 Å². The Kier molecular flexibility index (Phi) is 4.85. The van der Waals surface area contributed by atoms with E-state index in [0.717, 1.165) is 48.6 Å². The number of carbonyl (C=O) groups excluding carboxylic acids is 1. The highest BCUT2D eigenvalue weighted by Gasteiger charge is 2.30. The molecule has 1 fully saturated rings. The summed E-state index contributed by atoms with van der Waals surface area (Å²) in [5.41, 5.74) is 2.97. The number of pyridine rings is 1. The summed E-state index contributed by atoms with van der Waals surface area (Å²) in [6.45, 7) is 0. The van der Waals surface area contributed by atoms with Gasteiger partial charge in [-0.15, -0.1) is 0 Å². The molecule has 1 aliphatic heterocycles. The van der Waals surface area contributed by atoms with Crippen molar-refractivity contribution in [3.8, 4) is 5.75 Å². The van der Waals surface area contributed by atoms with Crippen molar-refractivity contribution < 1.29 is 14.6 Å². The molecule has 0 unspecified atom stereocenters. The first-order valence-electron chi connectivity index (χ1n) is 9.63. The van der Waals surface area contributed by atoms with E-state index in [-0.39, 0.29) is 12.0 Å². The Morgan fingerprint density at radius 1 is 1.14 bits per heavy atom. The molecule has 1 aromatic heterocycles. The summed E-state index contributed by atoms with van der Waals surface area (Å²) < 4.78 is 5.53. The van der Waals surface area contributed by atoms with Crippen LogP contribution in [0.4, 0.5) is 22.9 Å². The number of nitrogens with one attached hydrogen (secondary N) is 1. The number of amides is 1. The molecule has 7 heteroatoms. The molecular formula is C21H26N4O3. The van der Waals surface area contributed by atoms with E-state index in [9.17, 15) is 9.90 Å². The van der Waals surface area contributed by atoms with Crippen molar-refractivity contribution in [3.63, 3.8) is 0 Å². The van der Waals surface area contributed by atoms with E-state index in [1.54, 1.807) is 25.3 Å². The van der Waals surface area contributed by atoms with Gasteiger partial charge in [0.2, 0.25) is 0 Å². The van der Waals surface area contributed by atoms with Gasteiger partial charge in [0.25, 0.3) is 5.91 Å². The predicted molar refractivity (Wildman–Crippen MR) is 110 cm³/mol. The van der Waals surface area contributed by atoms with E-state index in [2.05, 4.69) is 10.3 Å². The summed E-state index contributed by atoms with van der Waals surface area (Å²) in [7, 11) is 5.31. The third kappa shape index (κ3) is 3.16. The zero-order chi connectivity index (χ0) is 19.8. The largest absolute Gasteiger partial charge is 0.495 e. The average Bonchev–Trinajstić information content (AvgIpc) is 2.79. The number of methoxy groups -OCH3 is 1. The molecule has 1 saturated carbocycles. The summed E-state index contributed by atoms with van der Waals surface area (Å²) in [5, 5.41) is 13.2. The minimum absolute atomic E-state index is 0.0942. The molecule has 1 amide bonds. The fourth-order valence-corrected chi connectivity index (χ4v) is 4.09. The normalized spacial score (nSPS) is 21.6. The van der Waals surface area contributed by atoms with Crippen LogP contribution in [-0.4, -0.2) is 49.3 Å². The van der Waals surface area contributed by atoms with Crippen molar-refractivity contribution in [1.82, 2.24) is 4.98 Å². The zero-order valence-electron chi connectivity index (χ0n) is 16.5. The minimum atomic E-state index is -0.187. The van der Waals surface area contributed by atoms with Gasteiger partial charge in [-0.2, -0.15) is 0 Å². The van der Waals surface area contributed by atoms with Crippen LogP contribution in [0, 0.1) is 0 Å². The second-order valence-electron chi connectivity index (χ2n) is 7.49. The van der Waals surface area contributed by atoms with Crippen LogP contribution >= 0.6 is 0 Å². The molecule has 0 saturated heterocycles. The molecule has 148 valence electrons. The van der Waals surface area contributed by atoms with E-state index < -0.39 is 0 Å². The Balaban J connectivity index is 1.72. The van der Waals surface area contributed by atoms with Crippen LogP contribution in [0.25, 0.3) is 0 Å². The van der Waals surface area contributed by atoms with E-state index >= 15 is 0 Å². The predicted octanol–water partition coefficient (Wildman–Crippen LogP) is 3.16. The molecule has 2 aromatic rings. The lowest BCUT2D eigenvalue weighted by Gasteiger charge is -2.28. The van der Waals surface area contributed by atoms with Gasteiger partial charge in [-0.25, -0.2) is 4.98 Å². The quantitative estimate of drug-likeness (QED) is 0.849. The minimum Gasteiger partial charge on any atom is -0.495 e. The number of para-hydroxylation sites is 1. The summed E-state index contributed by atoms with van der Waals surface area (Å²) >= 11 is 0. The molecule has 0 spiro atoms. The second kappa shape index (κ2) is 7.31. The van der Waals surface area contributed by atoms with Gasteiger partial charge in [0, 0.05) is 26.2 Å². The molecule has 2 N–H and O–H groups in total. The maximum Gasteiger partial charge on any atom is 0.260 e. The van der Waals surface area contributed by atoms with Gasteiger partial charge >= 0.3 is 0 Å². The lowest BCUT2D eigenvalue weighted by molar-refractivity contribution is 0.0994. The van der Waals surface area contributed by atoms with Gasteiger partial charge in [0.05, 0.1) is 42.0 Å². The third-order valence-corrected chi connectivity index (χ3v) is 5.72. The molecule has 2 heterocycles. The molecule has 0 radical (unpaired) electrons. The molecule has 28 heavy (non-hydrogen) atoms. The van der Waals surface area contributed by atoms with Gasteiger partial charge in [-0.3, -0.25) is 4.79 Å². The van der Waals surface area contributed by atoms with Gasteiger partial charge in [0.1, 0.15) is 11.6 Å². The smallest absolute Gasteiger partial charge is 0.260 e. The number of aliphatic hydroxyl groups is 1. The van der Waals surface area contributed by atoms with Crippen LogP contribution in [0.5, 0.6) is 5.75 Å². The van der Waals surface area contributed by atoms with Crippen LogP contribution in [0.1, 0.15) is 36.0 Å². The van der Waals surface area contributed by atoms with Crippen molar-refractivity contribution in [3.05, 3.63) is 36.0 Å². The maximum absolute atomic E-state index is 13.0. The van der Waals surface area contributed by atoms with Gasteiger partial charge < -0.3 is 25.0 Å². The van der Waals surface area contributed by atoms with Gasteiger partial charge in [0.15, 0.2) is 0 Å². The zero-order valence-corrected chi connectivity index (χ0v) is 16.5. The summed E-state index contributed by atoms with van der Waals surface area (Å²) in [4.78, 5) is 21.2. The Morgan fingerprint density at radius 2 is 1.89 bits per heavy atom. The molecule has 2 aliphatic rings. The average molecular weight is 382 g/mol. The van der Waals surface area contributed by atoms with Crippen LogP contribution in [0.3, 0.4) is 0 Å². The first-order valence-corrected chi connectivity index (χ1v) is 9.63. The molecule has 1 aromatic carbocycles. The number of anilines is 4. The SMILES string of the molecule is COc1cccc2c1N(C)c1cc(NC3CCC(O)CC3)ncc1N(C)C2=O. The molecule has 0 bridgehead atoms. The van der Waals surface area contributed by atoms with Crippen LogP contribution in [-0.2, 0) is 0 Å². The highest BCUT2D eigenvalue weighted by molar-refractivity contribution is 6.14. The van der Waals surface area contributed by atoms with E-state index in [1.165, 1.54) is 0 Å². The fraction of sp³-hybridized carbons (Fsp3) is 0.429. The molecule has 0 atom stereocenters. The summed E-state index contributed by atoms with van der Waals surface area (Å²) in [6.07, 6.45) is 5.01. The number of aliphatic hydroxyl groups excluding tert-OH is 1. The summed E-state index contributed by atoms with van der Waals surface area (Å²) in [5.74, 6) is 1.33. The van der Waals surface area contributed by atoms with Crippen molar-refractivity contribution >= 4 is 28.8 Å². The van der Waals surface area contributed by atoms with Crippen molar-refractivity contribution in [2.45, 2.75) is 37.8 Å². The number of carbonyl (C=O) groups is 1. The maximum atomic E-state index is 13.0. The Bertz CT molecular complexity index is 893. The number of hydrogen-bond donors (Lipinski definition) is 2. The number of aromatic nitrogens is 1. The number of ether oxygens (including phenoxy) is 1. The Labute approximate surface area is 164 Å². The van der Waals surface area contributed by atoms with Crippen LogP contribution in [0.15, 0.2) is 30.5 Å². The monoisotopic (exact) mass is 382 g/mol. The number of fused-ring (bicyclic) bond motifs is 2. The standard InChI is InChI=1S/C21H26N4O3/c1-24-16-11-19(23-13-7-9-14(26)10-8-13)22-12-17(16)25(2)21(27)15-5-4-6-18(28-3)20(15)24/h4-6,11-14,26H,7-10H2,1-3H3,(H,22,23). The highest BCUT2D eigenvalue weighted by Crippen LogP contribution is 2.44. The number of nitrogens with zero attached hydrogens (tertiary/aromatic N) is 3. The Morgan fingerprint density at radius 3 is 2.61 bits per heavy atom. The molecule has 7 nitrogen and oxygen atoms in total. The molecule has 1 aliphatic carbocycles. The van der Waals surface area contributed by atoms with E-state index in [0.29, 0.717) is 17.4 Å². The van der Waals surface area contributed by atoms with Gasteiger partial charge in [-0.05, 0) is 37.8 Å². The van der Waals surface area contributed by atoms with E-state index in [4.69, 9.17) is 4.74 Å². The highest BCUT2D eigenvalue weighted by atomic mass is 16.5. The molecular weight excluding hydrogens is 356 g/mol. The lowest BCUT2D eigenvalue weighted by Crippen LogP contribution is -2.29. The second-order valence-corrected chi connectivity index (χ2v) is 7.49. The van der Waals surface area contributed by atoms with E-state index in [1.807, 2.05) is 36.2 Å². The number of hydrogen-bond acceptors (Lipinski definition) is 6.